The van der Waals surface area contributed by atoms with Gasteiger partial charge in [0.2, 0.25) is 5.91 Å². The van der Waals surface area contributed by atoms with Crippen LogP contribution in [0.3, 0.4) is 0 Å². The number of imidazole rings is 1. The number of methoxy groups -OCH3 is 1. The van der Waals surface area contributed by atoms with Crippen LogP contribution < -0.4 is 10.1 Å². The second-order valence-electron chi connectivity index (χ2n) is 5.47. The Balaban J connectivity index is 1.50. The molecule has 2 heterocycles. The van der Waals surface area contributed by atoms with E-state index in [2.05, 4.69) is 10.3 Å². The number of fused-ring (bicyclic) bond motifs is 1. The molecule has 0 fully saturated rings. The molecule has 0 aliphatic carbocycles. The second kappa shape index (κ2) is 7.36. The molecule has 0 spiro atoms. The molecular formula is C18H18ClN3O2. The van der Waals surface area contributed by atoms with Crippen LogP contribution in [-0.2, 0) is 17.6 Å². The van der Waals surface area contributed by atoms with E-state index in [1.165, 1.54) is 0 Å². The Morgan fingerprint density at radius 2 is 2.00 bits per heavy atom. The van der Waals surface area contributed by atoms with Crippen molar-refractivity contribution < 1.29 is 9.53 Å². The fraction of sp³-hybridized carbons (Fsp3) is 0.222. The molecule has 1 amide bonds. The molecule has 0 bridgehead atoms. The Hall–Kier alpha value is -2.53. The Bertz CT molecular complexity index is 843. The lowest BCUT2D eigenvalue weighted by atomic mass is 10.1. The highest BCUT2D eigenvalue weighted by molar-refractivity contribution is 6.30. The number of aromatic nitrogens is 2. The van der Waals surface area contributed by atoms with Gasteiger partial charge in [0.25, 0.3) is 0 Å². The molecule has 1 N–H and O–H groups in total. The van der Waals surface area contributed by atoms with E-state index in [4.69, 9.17) is 16.3 Å². The third kappa shape index (κ3) is 4.06. The van der Waals surface area contributed by atoms with E-state index in [1.807, 2.05) is 53.2 Å². The van der Waals surface area contributed by atoms with E-state index < -0.39 is 0 Å². The van der Waals surface area contributed by atoms with Crippen LogP contribution in [0.2, 0.25) is 5.02 Å². The number of rotatable bonds is 6. The maximum absolute atomic E-state index is 12.0. The summed E-state index contributed by atoms with van der Waals surface area (Å²) in [7, 11) is 1.62. The number of hydrogen-bond acceptors (Lipinski definition) is 3. The fourth-order valence-electron chi connectivity index (χ4n) is 2.46. The molecule has 0 radical (unpaired) electrons. The Kier molecular flexibility index (Phi) is 5.01. The molecule has 3 rings (SSSR count). The lowest BCUT2D eigenvalue weighted by Gasteiger charge is -2.05. The van der Waals surface area contributed by atoms with Crippen LogP contribution in [0.25, 0.3) is 5.65 Å². The summed E-state index contributed by atoms with van der Waals surface area (Å²) in [6.07, 6.45) is 4.77. The standard InChI is InChI=1S/C18H18ClN3O2/c1-24-16-5-2-13(3-6-16)10-18(23)20-9-8-15-12-22-11-14(19)4-7-17(22)21-15/h2-7,11-12H,8-10H2,1H3,(H,20,23). The SMILES string of the molecule is COc1ccc(CC(=O)NCCc2cn3cc(Cl)ccc3n2)cc1. The average molecular weight is 344 g/mol. The highest BCUT2D eigenvalue weighted by Crippen LogP contribution is 2.13. The van der Waals surface area contributed by atoms with Crippen LogP contribution >= 0.6 is 11.6 Å². The number of nitrogens with one attached hydrogen (secondary N) is 1. The zero-order valence-corrected chi connectivity index (χ0v) is 14.1. The maximum atomic E-state index is 12.0. The molecular weight excluding hydrogens is 326 g/mol. The van der Waals surface area contributed by atoms with E-state index in [1.54, 1.807) is 7.11 Å². The van der Waals surface area contributed by atoms with Crippen molar-refractivity contribution in [3.8, 4) is 5.75 Å². The van der Waals surface area contributed by atoms with Gasteiger partial charge in [-0.15, -0.1) is 0 Å². The number of nitrogens with zero attached hydrogens (tertiary/aromatic N) is 2. The summed E-state index contributed by atoms with van der Waals surface area (Å²) in [6.45, 7) is 0.548. The van der Waals surface area contributed by atoms with Crippen LogP contribution in [0, 0.1) is 0 Å². The van der Waals surface area contributed by atoms with Gasteiger partial charge in [0.05, 0.1) is 24.2 Å². The summed E-state index contributed by atoms with van der Waals surface area (Å²) in [6, 6.07) is 11.2. The quantitative estimate of drug-likeness (QED) is 0.748. The van der Waals surface area contributed by atoms with E-state index in [-0.39, 0.29) is 5.91 Å². The summed E-state index contributed by atoms with van der Waals surface area (Å²) >= 11 is 5.96. The van der Waals surface area contributed by atoms with Gasteiger partial charge in [-0.1, -0.05) is 23.7 Å². The van der Waals surface area contributed by atoms with Crippen molar-refractivity contribution in [2.75, 3.05) is 13.7 Å². The van der Waals surface area contributed by atoms with E-state index in [0.29, 0.717) is 24.4 Å². The summed E-state index contributed by atoms with van der Waals surface area (Å²) in [5.74, 6) is 0.776. The van der Waals surface area contributed by atoms with Crippen molar-refractivity contribution >= 4 is 23.2 Å². The van der Waals surface area contributed by atoms with Crippen LogP contribution in [0.5, 0.6) is 5.75 Å². The predicted octanol–water partition coefficient (Wildman–Crippen LogP) is 2.90. The van der Waals surface area contributed by atoms with Gasteiger partial charge < -0.3 is 14.5 Å². The first kappa shape index (κ1) is 16.3. The summed E-state index contributed by atoms with van der Waals surface area (Å²) < 4.78 is 6.99. The van der Waals surface area contributed by atoms with E-state index in [9.17, 15) is 4.79 Å². The van der Waals surface area contributed by atoms with Crippen molar-refractivity contribution in [1.29, 1.82) is 0 Å². The van der Waals surface area contributed by atoms with E-state index >= 15 is 0 Å². The van der Waals surface area contributed by atoms with Gasteiger partial charge in [-0.2, -0.15) is 0 Å². The molecule has 0 atom stereocenters. The molecule has 0 aliphatic rings. The number of carbonyl (C=O) groups is 1. The molecule has 5 nitrogen and oxygen atoms in total. The topological polar surface area (TPSA) is 55.6 Å². The van der Waals surface area contributed by atoms with Crippen molar-refractivity contribution in [2.45, 2.75) is 12.8 Å². The maximum Gasteiger partial charge on any atom is 0.224 e. The molecule has 0 saturated carbocycles. The zero-order chi connectivity index (χ0) is 16.9. The molecule has 0 saturated heterocycles. The van der Waals surface area contributed by atoms with Gasteiger partial charge in [-0.05, 0) is 29.8 Å². The molecule has 0 unspecified atom stereocenters. The summed E-state index contributed by atoms with van der Waals surface area (Å²) in [4.78, 5) is 16.5. The molecule has 1 aromatic carbocycles. The number of ether oxygens (including phenoxy) is 1. The van der Waals surface area contributed by atoms with Crippen molar-refractivity contribution in [3.63, 3.8) is 0 Å². The van der Waals surface area contributed by atoms with Crippen LogP contribution in [0.15, 0.2) is 48.8 Å². The largest absolute Gasteiger partial charge is 0.497 e. The fourth-order valence-corrected chi connectivity index (χ4v) is 2.63. The molecule has 0 aliphatic heterocycles. The lowest BCUT2D eigenvalue weighted by molar-refractivity contribution is -0.120. The molecule has 6 heteroatoms. The monoisotopic (exact) mass is 343 g/mol. The summed E-state index contributed by atoms with van der Waals surface area (Å²) in [5, 5.41) is 3.58. The van der Waals surface area contributed by atoms with Gasteiger partial charge in [0.15, 0.2) is 0 Å². The normalized spacial score (nSPS) is 10.8. The van der Waals surface area contributed by atoms with Crippen molar-refractivity contribution in [3.05, 3.63) is 65.1 Å². The van der Waals surface area contributed by atoms with Crippen LogP contribution in [-0.4, -0.2) is 28.9 Å². The lowest BCUT2D eigenvalue weighted by Crippen LogP contribution is -2.27. The minimum absolute atomic E-state index is 0.00743. The number of carbonyl (C=O) groups excluding carboxylic acids is 1. The number of benzene rings is 1. The smallest absolute Gasteiger partial charge is 0.224 e. The first-order valence-corrected chi connectivity index (χ1v) is 8.04. The number of halogens is 1. The van der Waals surface area contributed by atoms with Crippen LogP contribution in [0.4, 0.5) is 0 Å². The second-order valence-corrected chi connectivity index (χ2v) is 5.91. The molecule has 124 valence electrons. The molecule has 24 heavy (non-hydrogen) atoms. The Labute approximate surface area is 145 Å². The molecule has 3 aromatic rings. The van der Waals surface area contributed by atoms with Crippen molar-refractivity contribution in [2.24, 2.45) is 0 Å². The van der Waals surface area contributed by atoms with Gasteiger partial charge in [0, 0.05) is 25.4 Å². The number of pyridine rings is 1. The van der Waals surface area contributed by atoms with E-state index in [0.717, 1.165) is 22.7 Å². The minimum Gasteiger partial charge on any atom is -0.497 e. The first-order valence-electron chi connectivity index (χ1n) is 7.67. The predicted molar refractivity (Wildman–Crippen MR) is 93.6 cm³/mol. The highest BCUT2D eigenvalue weighted by atomic mass is 35.5. The number of hydrogen-bond donors (Lipinski definition) is 1. The highest BCUT2D eigenvalue weighted by Gasteiger charge is 2.05. The third-order valence-electron chi connectivity index (χ3n) is 3.69. The zero-order valence-electron chi connectivity index (χ0n) is 13.3. The third-order valence-corrected chi connectivity index (χ3v) is 3.92. The van der Waals surface area contributed by atoms with Gasteiger partial charge >= 0.3 is 0 Å². The Morgan fingerprint density at radius 1 is 1.21 bits per heavy atom. The van der Waals surface area contributed by atoms with Crippen molar-refractivity contribution in [1.82, 2.24) is 14.7 Å². The summed E-state index contributed by atoms with van der Waals surface area (Å²) in [5.41, 5.74) is 2.72. The van der Waals surface area contributed by atoms with Gasteiger partial charge in [-0.3, -0.25) is 4.79 Å². The minimum atomic E-state index is -0.00743. The van der Waals surface area contributed by atoms with Gasteiger partial charge in [-0.25, -0.2) is 4.98 Å². The van der Waals surface area contributed by atoms with Crippen LogP contribution in [0.1, 0.15) is 11.3 Å². The molecule has 2 aromatic heterocycles. The Morgan fingerprint density at radius 3 is 2.75 bits per heavy atom. The average Bonchev–Trinajstić information content (AvgIpc) is 2.97. The first-order chi connectivity index (χ1) is 11.6. The number of amides is 1. The van der Waals surface area contributed by atoms with Gasteiger partial charge in [0.1, 0.15) is 11.4 Å².